The molecule has 1 aromatic heterocycles. The Morgan fingerprint density at radius 1 is 1.39 bits per heavy atom. The maximum Gasteiger partial charge on any atom is 0.226 e. The van der Waals surface area contributed by atoms with Gasteiger partial charge in [0.05, 0.1) is 11.6 Å². The van der Waals surface area contributed by atoms with Crippen LogP contribution in [-0.4, -0.2) is 23.4 Å². The lowest BCUT2D eigenvalue weighted by Crippen LogP contribution is -2.39. The number of rotatable bonds is 5. The predicted octanol–water partition coefficient (Wildman–Crippen LogP) is 2.16. The van der Waals surface area contributed by atoms with Crippen LogP contribution in [-0.2, 0) is 16.7 Å². The molecule has 1 saturated carbocycles. The maximum absolute atomic E-state index is 6.37. The van der Waals surface area contributed by atoms with Crippen LogP contribution < -0.4 is 5.73 Å². The normalized spacial score (nSPS) is 20.8. The highest BCUT2D eigenvalue weighted by Crippen LogP contribution is 2.33. The highest BCUT2D eigenvalue weighted by molar-refractivity contribution is 5.05. The molecule has 0 radical (unpaired) electrons. The van der Waals surface area contributed by atoms with Gasteiger partial charge in [-0.1, -0.05) is 24.4 Å². The summed E-state index contributed by atoms with van der Waals surface area (Å²) in [6.07, 6.45) is 7.33. The van der Waals surface area contributed by atoms with Crippen molar-refractivity contribution in [3.05, 3.63) is 11.7 Å². The van der Waals surface area contributed by atoms with Crippen molar-refractivity contribution in [3.63, 3.8) is 0 Å². The molecule has 1 aromatic rings. The average molecular weight is 253 g/mol. The molecule has 1 heterocycles. The molecule has 5 nitrogen and oxygen atoms in total. The number of nitrogens with two attached hydrogens (primary N) is 1. The maximum atomic E-state index is 6.37. The van der Waals surface area contributed by atoms with Crippen molar-refractivity contribution in [1.29, 1.82) is 0 Å². The molecular formula is C13H23N3O2. The lowest BCUT2D eigenvalue weighted by Gasteiger charge is -2.29. The Morgan fingerprint density at radius 3 is 2.78 bits per heavy atom. The number of hydrogen-bond acceptors (Lipinski definition) is 5. The quantitative estimate of drug-likeness (QED) is 0.870. The van der Waals surface area contributed by atoms with Gasteiger partial charge in [0.1, 0.15) is 0 Å². The lowest BCUT2D eigenvalue weighted by atomic mass is 9.82. The van der Waals surface area contributed by atoms with Crippen molar-refractivity contribution < 1.29 is 9.26 Å². The molecule has 0 saturated heterocycles. The van der Waals surface area contributed by atoms with Crippen LogP contribution in [0.5, 0.6) is 0 Å². The van der Waals surface area contributed by atoms with Crippen LogP contribution in [0.2, 0.25) is 0 Å². The first-order chi connectivity index (χ1) is 8.64. The molecule has 1 fully saturated rings. The van der Waals surface area contributed by atoms with Crippen LogP contribution in [0.1, 0.15) is 57.2 Å². The average Bonchev–Trinajstić information content (AvgIpc) is 2.86. The van der Waals surface area contributed by atoms with Gasteiger partial charge in [-0.05, 0) is 26.2 Å². The fourth-order valence-electron chi connectivity index (χ4n) is 2.41. The minimum atomic E-state index is -0.368. The van der Waals surface area contributed by atoms with Crippen LogP contribution >= 0.6 is 0 Å². The van der Waals surface area contributed by atoms with E-state index >= 15 is 0 Å². The first-order valence-corrected chi connectivity index (χ1v) is 6.79. The zero-order chi connectivity index (χ0) is 13.0. The molecule has 0 aromatic carbocycles. The smallest absolute Gasteiger partial charge is 0.226 e. The van der Waals surface area contributed by atoms with Gasteiger partial charge in [-0.2, -0.15) is 4.98 Å². The van der Waals surface area contributed by atoms with Gasteiger partial charge in [-0.3, -0.25) is 0 Å². The third-order valence-corrected chi connectivity index (χ3v) is 3.83. The Balaban J connectivity index is 1.96. The molecule has 0 aliphatic heterocycles. The third-order valence-electron chi connectivity index (χ3n) is 3.83. The Bertz CT molecular complexity index is 372. The predicted molar refractivity (Wildman–Crippen MR) is 68.0 cm³/mol. The first kappa shape index (κ1) is 13.5. The molecule has 1 aliphatic rings. The van der Waals surface area contributed by atoms with Crippen LogP contribution in [0.25, 0.3) is 0 Å². The van der Waals surface area contributed by atoms with Crippen molar-refractivity contribution in [2.75, 3.05) is 7.11 Å². The van der Waals surface area contributed by atoms with Crippen molar-refractivity contribution in [3.8, 4) is 0 Å². The molecule has 2 rings (SSSR count). The van der Waals surface area contributed by atoms with Crippen LogP contribution in [0.3, 0.4) is 0 Å². The first-order valence-electron chi connectivity index (χ1n) is 6.79. The van der Waals surface area contributed by atoms with E-state index in [0.717, 1.165) is 38.5 Å². The summed E-state index contributed by atoms with van der Waals surface area (Å²) in [5.74, 6) is 1.35. The summed E-state index contributed by atoms with van der Waals surface area (Å²) in [4.78, 5) is 4.45. The Kier molecular flexibility index (Phi) is 4.35. The van der Waals surface area contributed by atoms with Gasteiger partial charge in [0.15, 0.2) is 5.82 Å². The van der Waals surface area contributed by atoms with Gasteiger partial charge in [-0.15, -0.1) is 0 Å². The lowest BCUT2D eigenvalue weighted by molar-refractivity contribution is 0.109. The van der Waals surface area contributed by atoms with Crippen LogP contribution in [0.15, 0.2) is 4.52 Å². The molecule has 1 unspecified atom stereocenters. The zero-order valence-electron chi connectivity index (χ0n) is 11.3. The van der Waals surface area contributed by atoms with E-state index in [1.807, 2.05) is 6.92 Å². The number of aryl methyl sites for hydroxylation is 1. The Labute approximate surface area is 108 Å². The molecular weight excluding hydrogens is 230 g/mol. The van der Waals surface area contributed by atoms with Gasteiger partial charge >= 0.3 is 0 Å². The van der Waals surface area contributed by atoms with Gasteiger partial charge in [0, 0.05) is 13.5 Å². The van der Waals surface area contributed by atoms with Crippen molar-refractivity contribution in [2.24, 2.45) is 5.73 Å². The van der Waals surface area contributed by atoms with E-state index in [0.29, 0.717) is 11.7 Å². The summed E-state index contributed by atoms with van der Waals surface area (Å²) in [6.45, 7) is 2.03. The van der Waals surface area contributed by atoms with E-state index < -0.39 is 0 Å². The second-order valence-electron chi connectivity index (χ2n) is 5.31. The Morgan fingerprint density at radius 2 is 2.11 bits per heavy atom. The largest absolute Gasteiger partial charge is 0.382 e. The molecule has 0 spiro atoms. The summed E-state index contributed by atoms with van der Waals surface area (Å²) in [7, 11) is 1.71. The molecule has 102 valence electrons. The van der Waals surface area contributed by atoms with Gasteiger partial charge in [-0.25, -0.2) is 0 Å². The monoisotopic (exact) mass is 253 g/mol. The molecule has 2 N–H and O–H groups in total. The molecule has 1 atom stereocenters. The topological polar surface area (TPSA) is 74.2 Å². The number of aromatic nitrogens is 2. The summed E-state index contributed by atoms with van der Waals surface area (Å²) in [5.41, 5.74) is 6.00. The van der Waals surface area contributed by atoms with Gasteiger partial charge < -0.3 is 15.0 Å². The van der Waals surface area contributed by atoms with E-state index in [-0.39, 0.29) is 11.6 Å². The summed E-state index contributed by atoms with van der Waals surface area (Å²) in [6, 6.07) is 0. The molecule has 1 aliphatic carbocycles. The van der Waals surface area contributed by atoms with Crippen LogP contribution in [0.4, 0.5) is 0 Å². The Hall–Kier alpha value is -0.940. The van der Waals surface area contributed by atoms with Crippen molar-refractivity contribution in [1.82, 2.24) is 10.1 Å². The number of methoxy groups -OCH3 is 1. The van der Waals surface area contributed by atoms with E-state index in [9.17, 15) is 0 Å². The fraction of sp³-hybridized carbons (Fsp3) is 0.846. The minimum Gasteiger partial charge on any atom is -0.382 e. The summed E-state index contributed by atoms with van der Waals surface area (Å²) >= 11 is 0. The summed E-state index contributed by atoms with van der Waals surface area (Å²) < 4.78 is 10.5. The highest BCUT2D eigenvalue weighted by atomic mass is 16.5. The van der Waals surface area contributed by atoms with Crippen molar-refractivity contribution >= 4 is 0 Å². The molecule has 18 heavy (non-hydrogen) atoms. The van der Waals surface area contributed by atoms with E-state index in [2.05, 4.69) is 10.1 Å². The fourth-order valence-corrected chi connectivity index (χ4v) is 2.41. The van der Waals surface area contributed by atoms with E-state index in [1.165, 1.54) is 6.42 Å². The molecule has 5 heteroatoms. The van der Waals surface area contributed by atoms with Gasteiger partial charge in [0.25, 0.3) is 0 Å². The molecule has 0 bridgehead atoms. The van der Waals surface area contributed by atoms with E-state index in [1.54, 1.807) is 7.11 Å². The highest BCUT2D eigenvalue weighted by Gasteiger charge is 2.34. The second kappa shape index (κ2) is 5.80. The molecule has 0 amide bonds. The van der Waals surface area contributed by atoms with E-state index in [4.69, 9.17) is 15.0 Å². The number of ether oxygens (including phenoxy) is 1. The second-order valence-corrected chi connectivity index (χ2v) is 5.31. The minimum absolute atomic E-state index is 0.210. The number of hydrogen-bond donors (Lipinski definition) is 1. The summed E-state index contributed by atoms with van der Waals surface area (Å²) in [5, 5.41) is 4.06. The van der Waals surface area contributed by atoms with Gasteiger partial charge in [0.2, 0.25) is 5.89 Å². The zero-order valence-corrected chi connectivity index (χ0v) is 11.3. The van der Waals surface area contributed by atoms with Crippen molar-refractivity contribution in [2.45, 2.75) is 63.5 Å². The SMILES string of the molecule is COC(C)CCc1nc(C2(N)CCCCC2)no1. The van der Waals surface area contributed by atoms with Crippen LogP contribution in [0, 0.1) is 0 Å². The third kappa shape index (κ3) is 3.09. The number of nitrogens with zero attached hydrogens (tertiary/aromatic N) is 2. The standard InChI is InChI=1S/C13H23N3O2/c1-10(17-2)6-7-11-15-12(16-18-11)13(14)8-4-3-5-9-13/h10H,3-9,14H2,1-2H3.